The summed E-state index contributed by atoms with van der Waals surface area (Å²) in [6.07, 6.45) is -0.270. The van der Waals surface area contributed by atoms with Gasteiger partial charge in [-0.1, -0.05) is 45.9 Å². The Balaban J connectivity index is 0.000000196. The summed E-state index contributed by atoms with van der Waals surface area (Å²) in [5.41, 5.74) is 17.4. The molecule has 11 rings (SSSR count). The predicted octanol–water partition coefficient (Wildman–Crippen LogP) is 4.18. The van der Waals surface area contributed by atoms with Gasteiger partial charge in [-0.3, -0.25) is 65.3 Å². The highest BCUT2D eigenvalue weighted by Crippen LogP contribution is 2.53. The molecular formula is C59H92N15O28P5S4. The molecule has 43 nitrogen and oxygen atoms in total. The first kappa shape index (κ1) is 93.0. The molecule has 0 saturated carbocycles. The Hall–Kier alpha value is -5.17. The lowest BCUT2D eigenvalue weighted by atomic mass is 10.1. The van der Waals surface area contributed by atoms with E-state index in [1.165, 1.54) is 84.9 Å². The number of nitrogen functional groups attached to an aromatic ring is 3. The highest BCUT2D eigenvalue weighted by atomic mass is 32.5. The smallest absolute Gasteiger partial charge is 0.404 e. The molecule has 21 atom stereocenters. The number of nitrogens with one attached hydrogen (secondary N) is 2. The number of aryl methyl sites for hydroxylation is 2. The number of nitrogens with zero attached hydrogens (tertiary/aromatic N) is 10. The van der Waals surface area contributed by atoms with Crippen molar-refractivity contribution in [2.75, 3.05) is 81.2 Å². The number of aromatic nitrogens is 12. The normalized spacial score (nSPS) is 27.6. The van der Waals surface area contributed by atoms with Crippen molar-refractivity contribution in [2.24, 2.45) is 0 Å². The summed E-state index contributed by atoms with van der Waals surface area (Å²) in [5, 5.41) is 0. The first-order valence-corrected chi connectivity index (χ1v) is 45.2. The molecule has 4 aliphatic rings. The number of phosphoric acid groups is 1. The molecule has 13 N–H and O–H groups in total. The second-order valence-electron chi connectivity index (χ2n) is 24.0. The SMILES string of the molecule is CC[C@H]1O[C@@H](n2cc(C)c(=O)[nH]c2=O)[C@@H](OC)C1OP(O)(=S)OC.CC[C@H]1O[C@@H](n2cc(C)c(N)nc2=O)[C@@H](OC)C1OP(O)(=S)OC.CC[C@H]1O[C@@H](n2cnc3c(=O)[nH]c(N)nc32)[C@@H](OC)C1OP(O)(=S)OC.CC[C@H]1O[C@@H](n2cnc3c(N)ncnc32)[C@@H](OC)C1OP(O)(=S)OC.COP(=O)(O)Oc1ccccc1. The maximum atomic E-state index is 12.2. The van der Waals surface area contributed by atoms with Gasteiger partial charge in [0.15, 0.2) is 47.5 Å². The standard InChI is InChI=1S/C13H20N5O6PS.C13H20N5O5PS.C13H22N3O6PS.C13H21N2O7PS.C7H9O4P/c1-4-6-8(24-25(20,26)22-3)9(21-2)12(23-6)18-5-15-7-10(18)16-13(14)17-11(7)19;1-4-7-9(23-24(19,25)21-3)10(20-2)13(22-7)18-6-17-8-11(14)15-5-16-12(8)18;1-5-8-9(22-23(18,24)20-4)10(19-3)12(21-8)16-6-7(2)11(14)15-13(16)17;1-5-8-9(22-23(18,24)20-4)10(19-3)12(21-8)15-6-7(2)11(16)14-13(15)17;1-10-12(8,9)11-7-5-3-2-4-6-7/h5-6,8-9,12H,4H2,1-3H3,(H,20,26)(H3,14,16,17,19);5-7,9-10,13H,4H2,1-3H3,(H,19,25)(H2,14,15,16);6,8-10,12H,5H2,1-4H3,(H,18,24)(H2,14,15,17);6,8-10,12H,5H2,1-4H3,(H,18,24)(H,14,16,17);2-6H,1H3,(H,8,9)/t6-,8?,9+,12-,25?;7-,9?,10+,13-,24?;2*8-,9?,10+,12-,23?;/m1111./s1. The molecule has 0 radical (unpaired) electrons. The van der Waals surface area contributed by atoms with Crippen molar-refractivity contribution in [3.05, 3.63) is 115 Å². The van der Waals surface area contributed by atoms with Gasteiger partial charge in [0.1, 0.15) is 72.2 Å². The molecule has 0 amide bonds. The third kappa shape index (κ3) is 23.1. The molecule has 620 valence electrons. The number of nitrogens with two attached hydrogens (primary N) is 3. The van der Waals surface area contributed by atoms with Gasteiger partial charge in [0.2, 0.25) is 5.95 Å². The van der Waals surface area contributed by atoms with Gasteiger partial charge in [-0.25, -0.2) is 34.1 Å². The molecule has 0 spiro atoms. The van der Waals surface area contributed by atoms with Crippen LogP contribution in [0.25, 0.3) is 22.3 Å². The second kappa shape index (κ2) is 40.6. The zero-order chi connectivity index (χ0) is 82.4. The summed E-state index contributed by atoms with van der Waals surface area (Å²) in [4.78, 5) is 126. The van der Waals surface area contributed by atoms with Gasteiger partial charge < -0.3 is 97.3 Å². The molecule has 10 heterocycles. The third-order valence-electron chi connectivity index (χ3n) is 17.2. The Kier molecular flexibility index (Phi) is 34.0. The molecule has 4 fully saturated rings. The highest BCUT2D eigenvalue weighted by Gasteiger charge is 2.53. The topological polar surface area (TPSA) is 559 Å². The van der Waals surface area contributed by atoms with Crippen LogP contribution in [0.3, 0.4) is 0 Å². The molecule has 0 bridgehead atoms. The Morgan fingerprint density at radius 1 is 0.468 bits per heavy atom. The van der Waals surface area contributed by atoms with E-state index in [-0.39, 0.29) is 34.9 Å². The lowest BCUT2D eigenvalue weighted by molar-refractivity contribution is -0.0540. The number of rotatable bonds is 27. The van der Waals surface area contributed by atoms with Gasteiger partial charge in [-0.05, 0) is 98.9 Å². The number of aromatic amines is 2. The van der Waals surface area contributed by atoms with Gasteiger partial charge in [-0.15, -0.1) is 0 Å². The molecule has 4 aliphatic heterocycles. The number of hydrogen-bond acceptors (Lipinski definition) is 36. The summed E-state index contributed by atoms with van der Waals surface area (Å²) in [6.45, 7) is -2.77. The van der Waals surface area contributed by atoms with Crippen molar-refractivity contribution in [3.63, 3.8) is 0 Å². The van der Waals surface area contributed by atoms with Gasteiger partial charge in [0, 0.05) is 87.5 Å². The summed E-state index contributed by atoms with van der Waals surface area (Å²) in [7, 11) is 8.25. The van der Waals surface area contributed by atoms with Crippen LogP contribution in [0.5, 0.6) is 5.75 Å². The average Bonchev–Trinajstić information content (AvgIpc) is 1.62. The van der Waals surface area contributed by atoms with Crippen LogP contribution >= 0.6 is 34.7 Å². The fraction of sp³-hybridized carbons (Fsp3) is 0.593. The number of anilines is 3. The number of benzene rings is 1. The molecular weight excluding hydrogens is 1650 g/mol. The molecule has 111 heavy (non-hydrogen) atoms. The van der Waals surface area contributed by atoms with E-state index in [2.05, 4.69) is 48.9 Å². The third-order valence-corrected chi connectivity index (χ3v) is 24.8. The predicted molar refractivity (Wildman–Crippen MR) is 413 cm³/mol. The van der Waals surface area contributed by atoms with E-state index in [4.69, 9.17) is 143 Å². The number of para-hydroxylation sites is 1. The molecule has 52 heteroatoms. The number of imidazole rings is 2. The number of hydrogen-bond donors (Lipinski definition) is 10. The summed E-state index contributed by atoms with van der Waals surface area (Å²) in [5.74, 6) is 0.709. The van der Waals surface area contributed by atoms with Gasteiger partial charge in [0.25, 0.3) is 11.1 Å². The number of phosphoric ester groups is 1. The highest BCUT2D eigenvalue weighted by molar-refractivity contribution is 8.08. The minimum atomic E-state index is -3.90. The fourth-order valence-corrected chi connectivity index (χ4v) is 16.0. The van der Waals surface area contributed by atoms with Crippen molar-refractivity contribution in [1.82, 2.24) is 58.1 Å². The van der Waals surface area contributed by atoms with Crippen LogP contribution in [0.1, 0.15) is 89.4 Å². The lowest BCUT2D eigenvalue weighted by Crippen LogP contribution is -2.40. The zero-order valence-electron chi connectivity index (χ0n) is 62.5. The number of H-pyrrole nitrogens is 2. The largest absolute Gasteiger partial charge is 0.527 e. The quantitative estimate of drug-likeness (QED) is 0.0323. The minimum absolute atomic E-state index is 0.0405. The van der Waals surface area contributed by atoms with Crippen LogP contribution in [0.4, 0.5) is 17.6 Å². The van der Waals surface area contributed by atoms with Crippen LogP contribution in [0.2, 0.25) is 0 Å². The summed E-state index contributed by atoms with van der Waals surface area (Å²) >= 11 is 19.7. The molecule has 0 aliphatic carbocycles. The van der Waals surface area contributed by atoms with Gasteiger partial charge >= 0.3 is 46.1 Å². The Labute approximate surface area is 655 Å². The Morgan fingerprint density at radius 3 is 1.25 bits per heavy atom. The Morgan fingerprint density at radius 2 is 0.856 bits per heavy atom. The van der Waals surface area contributed by atoms with E-state index >= 15 is 0 Å². The molecule has 4 saturated heterocycles. The fourth-order valence-electron chi connectivity index (χ4n) is 11.7. The van der Waals surface area contributed by atoms with E-state index in [0.717, 1.165) is 7.11 Å². The van der Waals surface area contributed by atoms with Crippen LogP contribution in [-0.4, -0.2) is 220 Å². The number of methoxy groups -OCH3 is 4. The number of fused-ring (bicyclic) bond motifs is 2. The van der Waals surface area contributed by atoms with Crippen molar-refractivity contribution in [1.29, 1.82) is 0 Å². The number of ether oxygens (including phenoxy) is 8. The lowest BCUT2D eigenvalue weighted by Gasteiger charge is -2.26. The van der Waals surface area contributed by atoms with Crippen LogP contribution in [0, 0.1) is 13.8 Å². The average molecular weight is 1740 g/mol. The van der Waals surface area contributed by atoms with Crippen LogP contribution < -0.4 is 44.2 Å². The van der Waals surface area contributed by atoms with E-state index in [1.54, 1.807) is 65.8 Å². The van der Waals surface area contributed by atoms with Crippen molar-refractivity contribution in [3.8, 4) is 5.75 Å². The van der Waals surface area contributed by atoms with Crippen LogP contribution in [-0.2, 0) is 130 Å². The van der Waals surface area contributed by atoms with Gasteiger partial charge in [-0.2, -0.15) is 9.97 Å². The molecule has 6 aromatic heterocycles. The molecule has 1 aromatic carbocycles. The van der Waals surface area contributed by atoms with Crippen LogP contribution in [0.15, 0.2) is 80.9 Å². The molecule has 9 unspecified atom stereocenters. The summed E-state index contributed by atoms with van der Waals surface area (Å²) < 4.78 is 113. The maximum absolute atomic E-state index is 12.2. The zero-order valence-corrected chi connectivity index (χ0v) is 70.3. The second-order valence-corrected chi connectivity index (χ2v) is 37.0. The van der Waals surface area contributed by atoms with Gasteiger partial charge in [0.05, 0.1) is 37.1 Å². The first-order chi connectivity index (χ1) is 52.3. The molecule has 7 aromatic rings. The van der Waals surface area contributed by atoms with Crippen molar-refractivity contribution >= 4 is 122 Å². The maximum Gasteiger partial charge on any atom is 0.527 e. The van der Waals surface area contributed by atoms with E-state index in [0.29, 0.717) is 53.7 Å². The Bertz CT molecular complexity index is 4770. The first-order valence-electron chi connectivity index (χ1n) is 33.3. The van der Waals surface area contributed by atoms with E-state index in [9.17, 15) is 43.3 Å². The summed E-state index contributed by atoms with van der Waals surface area (Å²) in [6, 6.07) is 8.32. The monoisotopic (exact) mass is 1740 g/mol. The minimum Gasteiger partial charge on any atom is -0.404 e. The van der Waals surface area contributed by atoms with E-state index < -0.39 is 149 Å². The van der Waals surface area contributed by atoms with E-state index in [1.807, 2.05) is 27.7 Å². The van der Waals surface area contributed by atoms with Crippen molar-refractivity contribution < 1.29 is 112 Å². The van der Waals surface area contributed by atoms with Crippen molar-refractivity contribution in [2.45, 2.75) is 165 Å².